The van der Waals surface area contributed by atoms with Crippen molar-refractivity contribution in [1.82, 2.24) is 4.90 Å². The Hall–Kier alpha value is -1.82. The van der Waals surface area contributed by atoms with Crippen LogP contribution >= 0.6 is 23.8 Å². The molecule has 0 aliphatic carbocycles. The molecule has 1 aliphatic rings. The fourth-order valence-corrected chi connectivity index (χ4v) is 4.68. The van der Waals surface area contributed by atoms with Gasteiger partial charge in [-0.05, 0) is 86.6 Å². The van der Waals surface area contributed by atoms with E-state index in [2.05, 4.69) is 40.2 Å². The number of nitrogens with one attached hydrogen (secondary N) is 1. The highest BCUT2D eigenvalue weighted by Crippen LogP contribution is 2.29. The highest BCUT2D eigenvalue weighted by Gasteiger charge is 2.18. The molecule has 0 spiro atoms. The van der Waals surface area contributed by atoms with Crippen molar-refractivity contribution < 1.29 is 4.74 Å². The number of hydrogen-bond acceptors (Lipinski definition) is 3. The molecule has 174 valence electrons. The van der Waals surface area contributed by atoms with E-state index in [9.17, 15) is 0 Å². The highest BCUT2D eigenvalue weighted by atomic mass is 35.5. The molecule has 0 aromatic heterocycles. The molecule has 32 heavy (non-hydrogen) atoms. The van der Waals surface area contributed by atoms with Gasteiger partial charge in [0.15, 0.2) is 5.11 Å². The first-order valence-electron chi connectivity index (χ1n) is 11.8. The minimum absolute atomic E-state index is 0.720. The third kappa shape index (κ3) is 6.60. The van der Waals surface area contributed by atoms with Crippen molar-refractivity contribution in [2.75, 3.05) is 43.1 Å². The number of fused-ring (bicyclic) bond motifs is 1. The average molecular weight is 474 g/mol. The summed E-state index contributed by atoms with van der Waals surface area (Å²) in [4.78, 5) is 4.76. The van der Waals surface area contributed by atoms with E-state index >= 15 is 0 Å². The molecule has 0 unspecified atom stereocenters. The number of ether oxygens (including phenoxy) is 1. The summed E-state index contributed by atoms with van der Waals surface area (Å²) in [7, 11) is 0. The van der Waals surface area contributed by atoms with Gasteiger partial charge in [-0.25, -0.2) is 0 Å². The zero-order chi connectivity index (χ0) is 22.9. The van der Waals surface area contributed by atoms with Gasteiger partial charge < -0.3 is 19.9 Å². The number of aryl methyl sites for hydroxylation is 1. The third-order valence-electron chi connectivity index (χ3n) is 5.94. The predicted molar refractivity (Wildman–Crippen MR) is 141 cm³/mol. The van der Waals surface area contributed by atoms with E-state index in [1.165, 1.54) is 29.7 Å². The molecular weight excluding hydrogens is 438 g/mol. The van der Waals surface area contributed by atoms with Gasteiger partial charge in [0.05, 0.1) is 0 Å². The molecule has 0 fully saturated rings. The van der Waals surface area contributed by atoms with Crippen LogP contribution in [0.1, 0.15) is 49.8 Å². The Balaban J connectivity index is 1.75. The van der Waals surface area contributed by atoms with Crippen molar-refractivity contribution in [3.05, 3.63) is 58.1 Å². The lowest BCUT2D eigenvalue weighted by atomic mass is 9.99. The number of rotatable bonds is 10. The molecule has 0 saturated heterocycles. The summed E-state index contributed by atoms with van der Waals surface area (Å²) in [5, 5.41) is 4.88. The first-order chi connectivity index (χ1) is 15.5. The van der Waals surface area contributed by atoms with Gasteiger partial charge in [0.1, 0.15) is 0 Å². The normalized spacial score (nSPS) is 13.1. The van der Waals surface area contributed by atoms with Crippen LogP contribution < -0.4 is 10.2 Å². The second-order valence-electron chi connectivity index (χ2n) is 8.37. The first-order valence-corrected chi connectivity index (χ1v) is 12.6. The summed E-state index contributed by atoms with van der Waals surface area (Å²) >= 11 is 12.1. The SMILES string of the molecule is CCCN1CCCc2cc(CN(CCCOCC)C(=S)Nc3cccc(Cl)c3C)ccc21. The van der Waals surface area contributed by atoms with E-state index in [4.69, 9.17) is 28.6 Å². The van der Waals surface area contributed by atoms with E-state index in [1.54, 1.807) is 0 Å². The standard InChI is InChI=1S/C26H36ClN3OS/c1-4-14-29-15-7-9-22-18-21(12-13-25(22)29)19-30(16-8-17-31-5-2)26(32)28-24-11-6-10-23(27)20(24)3/h6,10-13,18H,4-5,7-9,14-17,19H2,1-3H3,(H,28,32). The second kappa shape index (κ2) is 12.4. The Kier molecular flexibility index (Phi) is 9.64. The maximum absolute atomic E-state index is 6.31. The summed E-state index contributed by atoms with van der Waals surface area (Å²) in [5.41, 5.74) is 6.13. The molecule has 0 saturated carbocycles. The highest BCUT2D eigenvalue weighted by molar-refractivity contribution is 7.80. The lowest BCUT2D eigenvalue weighted by Gasteiger charge is -2.32. The Morgan fingerprint density at radius 2 is 2.09 bits per heavy atom. The van der Waals surface area contributed by atoms with Crippen molar-refractivity contribution in [1.29, 1.82) is 0 Å². The fraction of sp³-hybridized carbons (Fsp3) is 0.500. The third-order valence-corrected chi connectivity index (χ3v) is 6.71. The number of halogens is 1. The van der Waals surface area contributed by atoms with Crippen molar-refractivity contribution in [3.8, 4) is 0 Å². The molecule has 1 aliphatic heterocycles. The monoisotopic (exact) mass is 473 g/mol. The molecule has 6 heteroatoms. The molecule has 0 bridgehead atoms. The largest absolute Gasteiger partial charge is 0.382 e. The predicted octanol–water partition coefficient (Wildman–Crippen LogP) is 6.44. The van der Waals surface area contributed by atoms with Gasteiger partial charge in [0.25, 0.3) is 0 Å². The van der Waals surface area contributed by atoms with Crippen LogP contribution in [0, 0.1) is 6.92 Å². The van der Waals surface area contributed by atoms with Gasteiger partial charge in [-0.1, -0.05) is 36.7 Å². The minimum atomic E-state index is 0.720. The molecule has 0 radical (unpaired) electrons. The topological polar surface area (TPSA) is 27.7 Å². The van der Waals surface area contributed by atoms with E-state index < -0.39 is 0 Å². The second-order valence-corrected chi connectivity index (χ2v) is 9.16. The van der Waals surface area contributed by atoms with Crippen LogP contribution in [-0.2, 0) is 17.7 Å². The van der Waals surface area contributed by atoms with Crippen LogP contribution in [0.4, 0.5) is 11.4 Å². The van der Waals surface area contributed by atoms with E-state index in [0.717, 1.165) is 73.6 Å². The van der Waals surface area contributed by atoms with Crippen molar-refractivity contribution in [2.45, 2.75) is 53.0 Å². The van der Waals surface area contributed by atoms with Gasteiger partial charge in [0, 0.05) is 55.8 Å². The number of benzene rings is 2. The maximum atomic E-state index is 6.31. The van der Waals surface area contributed by atoms with Gasteiger partial charge in [-0.15, -0.1) is 0 Å². The lowest BCUT2D eigenvalue weighted by Crippen LogP contribution is -2.36. The van der Waals surface area contributed by atoms with Crippen LogP contribution in [-0.4, -0.2) is 42.9 Å². The summed E-state index contributed by atoms with van der Waals surface area (Å²) in [6.07, 6.45) is 4.48. The van der Waals surface area contributed by atoms with Crippen LogP contribution in [0.5, 0.6) is 0 Å². The van der Waals surface area contributed by atoms with Gasteiger partial charge >= 0.3 is 0 Å². The van der Waals surface area contributed by atoms with Gasteiger partial charge in [0.2, 0.25) is 0 Å². The smallest absolute Gasteiger partial charge is 0.173 e. The fourth-order valence-electron chi connectivity index (χ4n) is 4.24. The van der Waals surface area contributed by atoms with Crippen molar-refractivity contribution >= 4 is 40.3 Å². The van der Waals surface area contributed by atoms with Gasteiger partial charge in [-0.3, -0.25) is 0 Å². The first kappa shape index (κ1) is 24.8. The zero-order valence-corrected chi connectivity index (χ0v) is 21.2. The van der Waals surface area contributed by atoms with Crippen molar-refractivity contribution in [2.24, 2.45) is 0 Å². The summed E-state index contributed by atoms with van der Waals surface area (Å²) in [6, 6.07) is 12.8. The summed E-state index contributed by atoms with van der Waals surface area (Å²) in [6.45, 7) is 11.7. The quantitative estimate of drug-likeness (QED) is 0.316. The van der Waals surface area contributed by atoms with E-state index in [-0.39, 0.29) is 0 Å². The van der Waals surface area contributed by atoms with Crippen LogP contribution in [0.15, 0.2) is 36.4 Å². The Labute approximate surface area is 203 Å². The Morgan fingerprint density at radius 1 is 1.25 bits per heavy atom. The molecule has 1 N–H and O–H groups in total. The lowest BCUT2D eigenvalue weighted by molar-refractivity contribution is 0.139. The Morgan fingerprint density at radius 3 is 2.88 bits per heavy atom. The van der Waals surface area contributed by atoms with Crippen LogP contribution in [0.2, 0.25) is 5.02 Å². The van der Waals surface area contributed by atoms with Crippen molar-refractivity contribution in [3.63, 3.8) is 0 Å². The number of anilines is 2. The van der Waals surface area contributed by atoms with E-state index in [1.807, 2.05) is 32.0 Å². The summed E-state index contributed by atoms with van der Waals surface area (Å²) in [5.74, 6) is 0. The Bertz CT molecular complexity index is 905. The maximum Gasteiger partial charge on any atom is 0.173 e. The van der Waals surface area contributed by atoms with Crippen LogP contribution in [0.25, 0.3) is 0 Å². The van der Waals surface area contributed by atoms with Gasteiger partial charge in [-0.2, -0.15) is 0 Å². The number of hydrogen-bond donors (Lipinski definition) is 1. The molecule has 0 atom stereocenters. The molecule has 3 rings (SSSR count). The molecule has 1 heterocycles. The number of thiocarbonyl (C=S) groups is 1. The average Bonchev–Trinajstić information content (AvgIpc) is 2.79. The zero-order valence-electron chi connectivity index (χ0n) is 19.6. The molecular formula is C26H36ClN3OS. The molecule has 2 aromatic carbocycles. The molecule has 0 amide bonds. The molecule has 4 nitrogen and oxygen atoms in total. The minimum Gasteiger partial charge on any atom is -0.382 e. The van der Waals surface area contributed by atoms with Crippen LogP contribution in [0.3, 0.4) is 0 Å². The number of nitrogens with zero attached hydrogens (tertiary/aromatic N) is 2. The van der Waals surface area contributed by atoms with E-state index in [0.29, 0.717) is 0 Å². The summed E-state index contributed by atoms with van der Waals surface area (Å²) < 4.78 is 5.56. The molecule has 2 aromatic rings.